The SMILES string of the molecule is CCOC(=O)C1=C(C)N=c2s/c(=C\c3ccc(-c4cc(C(=O)O)ccc4C)o3)c(=O)n2C1c1ccc(OC)cc1OC. The number of benzene rings is 2. The minimum absolute atomic E-state index is 0.142. The number of aryl methyl sites for hydroxylation is 1. The van der Waals surface area contributed by atoms with Crippen LogP contribution < -0.4 is 24.4 Å². The first-order valence-corrected chi connectivity index (χ1v) is 13.8. The number of methoxy groups -OCH3 is 2. The predicted octanol–water partition coefficient (Wildman–Crippen LogP) is 4.08. The van der Waals surface area contributed by atoms with Crippen molar-refractivity contribution >= 4 is 29.4 Å². The maximum Gasteiger partial charge on any atom is 0.338 e. The molecule has 0 aliphatic carbocycles. The molecule has 1 aliphatic rings. The molecule has 5 rings (SSSR count). The van der Waals surface area contributed by atoms with Gasteiger partial charge in [0.25, 0.3) is 5.56 Å². The lowest BCUT2D eigenvalue weighted by Crippen LogP contribution is -2.40. The third-order valence-corrected chi connectivity index (χ3v) is 7.89. The van der Waals surface area contributed by atoms with E-state index in [1.54, 1.807) is 62.4 Å². The third kappa shape index (κ3) is 5.14. The minimum Gasteiger partial charge on any atom is -0.497 e. The lowest BCUT2D eigenvalue weighted by molar-refractivity contribution is -0.139. The number of aromatic carboxylic acids is 1. The van der Waals surface area contributed by atoms with E-state index in [2.05, 4.69) is 4.99 Å². The zero-order chi connectivity index (χ0) is 30.1. The number of carboxylic acids is 1. The highest BCUT2D eigenvalue weighted by molar-refractivity contribution is 7.07. The van der Waals surface area contributed by atoms with Gasteiger partial charge in [-0.15, -0.1) is 0 Å². The number of rotatable bonds is 8. The lowest BCUT2D eigenvalue weighted by atomic mass is 9.95. The van der Waals surface area contributed by atoms with Crippen LogP contribution in [0.25, 0.3) is 17.4 Å². The monoisotopic (exact) mass is 588 g/mol. The van der Waals surface area contributed by atoms with Crippen LogP contribution in [0.1, 0.15) is 47.1 Å². The van der Waals surface area contributed by atoms with E-state index < -0.39 is 18.0 Å². The van der Waals surface area contributed by atoms with Gasteiger partial charge < -0.3 is 23.7 Å². The fraction of sp³-hybridized carbons (Fsp3) is 0.226. The molecule has 216 valence electrons. The maximum absolute atomic E-state index is 13.9. The Bertz CT molecular complexity index is 1930. The Labute approximate surface area is 244 Å². The van der Waals surface area contributed by atoms with Crippen LogP contribution in [0.3, 0.4) is 0 Å². The van der Waals surface area contributed by atoms with Crippen LogP contribution >= 0.6 is 11.3 Å². The van der Waals surface area contributed by atoms with E-state index in [-0.39, 0.29) is 23.3 Å². The van der Waals surface area contributed by atoms with Crippen molar-refractivity contribution in [3.63, 3.8) is 0 Å². The van der Waals surface area contributed by atoms with Crippen LogP contribution in [-0.2, 0) is 9.53 Å². The summed E-state index contributed by atoms with van der Waals surface area (Å²) >= 11 is 1.16. The van der Waals surface area contributed by atoms with Gasteiger partial charge in [0.1, 0.15) is 29.1 Å². The van der Waals surface area contributed by atoms with Crippen LogP contribution in [0.5, 0.6) is 11.5 Å². The molecule has 0 radical (unpaired) electrons. The number of carbonyl (C=O) groups is 2. The van der Waals surface area contributed by atoms with Gasteiger partial charge in [0, 0.05) is 23.3 Å². The second-order valence-corrected chi connectivity index (χ2v) is 10.5. The molecule has 0 saturated carbocycles. The van der Waals surface area contributed by atoms with Crippen molar-refractivity contribution in [2.75, 3.05) is 20.8 Å². The number of carboxylic acid groups (broad SMARTS) is 1. The molecule has 3 heterocycles. The second kappa shape index (κ2) is 11.5. The van der Waals surface area contributed by atoms with Crippen LogP contribution in [0.2, 0.25) is 0 Å². The summed E-state index contributed by atoms with van der Waals surface area (Å²) < 4.78 is 24.2. The Kier molecular flexibility index (Phi) is 7.86. The van der Waals surface area contributed by atoms with Gasteiger partial charge in [-0.25, -0.2) is 14.6 Å². The van der Waals surface area contributed by atoms with Crippen molar-refractivity contribution in [2.24, 2.45) is 4.99 Å². The van der Waals surface area contributed by atoms with Crippen molar-refractivity contribution in [3.05, 3.63) is 102 Å². The Morgan fingerprint density at radius 1 is 1.10 bits per heavy atom. The van der Waals surface area contributed by atoms with Crippen molar-refractivity contribution in [2.45, 2.75) is 26.8 Å². The number of ether oxygens (including phenoxy) is 3. The van der Waals surface area contributed by atoms with Crippen molar-refractivity contribution < 1.29 is 33.3 Å². The average molecular weight is 589 g/mol. The van der Waals surface area contributed by atoms with E-state index in [0.717, 1.165) is 16.9 Å². The zero-order valence-electron chi connectivity index (χ0n) is 23.6. The minimum atomic E-state index is -1.04. The van der Waals surface area contributed by atoms with Crippen LogP contribution in [0.4, 0.5) is 0 Å². The Hall–Kier alpha value is -4.90. The predicted molar refractivity (Wildman–Crippen MR) is 156 cm³/mol. The van der Waals surface area contributed by atoms with Gasteiger partial charge in [-0.1, -0.05) is 17.4 Å². The Balaban J connectivity index is 1.66. The highest BCUT2D eigenvalue weighted by Gasteiger charge is 2.35. The Morgan fingerprint density at radius 2 is 1.88 bits per heavy atom. The van der Waals surface area contributed by atoms with E-state index >= 15 is 0 Å². The molecular formula is C31H28N2O8S. The number of furan rings is 1. The summed E-state index contributed by atoms with van der Waals surface area (Å²) in [6.45, 7) is 5.43. The molecule has 1 aliphatic heterocycles. The highest BCUT2D eigenvalue weighted by atomic mass is 32.1. The third-order valence-electron chi connectivity index (χ3n) is 6.90. The standard InChI is InChI=1S/C31H28N2O8S/c1-6-40-30(37)26-17(3)32-31-33(27(26)21-11-9-19(38-4)14-24(21)39-5)28(34)25(42-31)15-20-10-12-23(41-20)22-13-18(29(35)36)8-7-16(22)2/h7-15,27H,6H2,1-5H3,(H,35,36)/b25-15-. The van der Waals surface area contributed by atoms with E-state index in [9.17, 15) is 19.5 Å². The topological polar surface area (TPSA) is 130 Å². The van der Waals surface area contributed by atoms with Gasteiger partial charge in [-0.05, 0) is 62.7 Å². The van der Waals surface area contributed by atoms with Crippen LogP contribution in [0.15, 0.2) is 74.0 Å². The molecule has 10 nitrogen and oxygen atoms in total. The van der Waals surface area contributed by atoms with Crippen LogP contribution in [-0.4, -0.2) is 42.4 Å². The molecule has 4 aromatic rings. The number of carbonyl (C=O) groups excluding carboxylic acids is 1. The number of fused-ring (bicyclic) bond motifs is 1. The average Bonchev–Trinajstić information content (AvgIpc) is 3.56. The van der Waals surface area contributed by atoms with Crippen LogP contribution in [0, 0.1) is 6.92 Å². The molecule has 0 fully saturated rings. The van der Waals surface area contributed by atoms with Crippen molar-refractivity contribution in [1.82, 2.24) is 4.57 Å². The molecule has 1 unspecified atom stereocenters. The molecule has 0 spiro atoms. The molecule has 1 N–H and O–H groups in total. The fourth-order valence-corrected chi connectivity index (χ4v) is 5.88. The summed E-state index contributed by atoms with van der Waals surface area (Å²) in [5.41, 5.74) is 2.47. The molecule has 1 atom stereocenters. The summed E-state index contributed by atoms with van der Waals surface area (Å²) in [5, 5.41) is 9.39. The first-order chi connectivity index (χ1) is 20.2. The van der Waals surface area contributed by atoms with Gasteiger partial charge in [0.05, 0.1) is 42.2 Å². The maximum atomic E-state index is 13.9. The number of esters is 1. The van der Waals surface area contributed by atoms with E-state index in [0.29, 0.717) is 49.2 Å². The summed E-state index contributed by atoms with van der Waals surface area (Å²) in [5.74, 6) is 0.237. The van der Waals surface area contributed by atoms with Gasteiger partial charge >= 0.3 is 11.9 Å². The van der Waals surface area contributed by atoms with E-state index in [1.807, 2.05) is 6.92 Å². The number of aromatic nitrogens is 1. The summed E-state index contributed by atoms with van der Waals surface area (Å²) in [4.78, 5) is 43.6. The molecule has 42 heavy (non-hydrogen) atoms. The Morgan fingerprint density at radius 3 is 2.57 bits per heavy atom. The van der Waals surface area contributed by atoms with Crippen molar-refractivity contribution in [3.8, 4) is 22.8 Å². The van der Waals surface area contributed by atoms with Gasteiger partial charge in [-0.3, -0.25) is 9.36 Å². The molecule has 11 heteroatoms. The quantitative estimate of drug-likeness (QED) is 0.305. The van der Waals surface area contributed by atoms with Gasteiger partial charge in [0.2, 0.25) is 0 Å². The number of allylic oxidation sites excluding steroid dienone is 1. The number of hydrogen-bond donors (Lipinski definition) is 1. The molecular weight excluding hydrogens is 560 g/mol. The molecule has 0 saturated heterocycles. The smallest absolute Gasteiger partial charge is 0.338 e. The lowest BCUT2D eigenvalue weighted by Gasteiger charge is -2.26. The van der Waals surface area contributed by atoms with Gasteiger partial charge in [0.15, 0.2) is 4.80 Å². The first-order valence-electron chi connectivity index (χ1n) is 13.0. The largest absolute Gasteiger partial charge is 0.497 e. The second-order valence-electron chi connectivity index (χ2n) is 9.45. The number of thiazole rings is 1. The number of nitrogens with zero attached hydrogens (tertiary/aromatic N) is 2. The normalized spacial score (nSPS) is 14.8. The van der Waals surface area contributed by atoms with E-state index in [1.165, 1.54) is 24.9 Å². The van der Waals surface area contributed by atoms with E-state index in [4.69, 9.17) is 18.6 Å². The summed E-state index contributed by atoms with van der Waals surface area (Å²) in [7, 11) is 3.04. The molecule has 0 bridgehead atoms. The van der Waals surface area contributed by atoms with Gasteiger partial charge in [-0.2, -0.15) is 0 Å². The number of hydrogen-bond acceptors (Lipinski definition) is 9. The first kappa shape index (κ1) is 28.6. The zero-order valence-corrected chi connectivity index (χ0v) is 24.4. The molecule has 2 aromatic carbocycles. The summed E-state index contributed by atoms with van der Waals surface area (Å²) in [6, 6.07) is 12.6. The molecule has 0 amide bonds. The molecule has 2 aromatic heterocycles. The summed E-state index contributed by atoms with van der Waals surface area (Å²) in [6.07, 6.45) is 1.61. The van der Waals surface area contributed by atoms with Crippen molar-refractivity contribution in [1.29, 1.82) is 0 Å². The fourth-order valence-electron chi connectivity index (χ4n) is 4.85. The highest BCUT2D eigenvalue weighted by Crippen LogP contribution is 2.37.